The van der Waals surface area contributed by atoms with E-state index in [1.807, 2.05) is 39.8 Å². The van der Waals surface area contributed by atoms with Gasteiger partial charge in [0.05, 0.1) is 5.75 Å². The van der Waals surface area contributed by atoms with E-state index in [-0.39, 0.29) is 23.1 Å². The van der Waals surface area contributed by atoms with Crippen LogP contribution in [0.1, 0.15) is 36.6 Å². The van der Waals surface area contributed by atoms with Crippen LogP contribution in [0.25, 0.3) is 5.78 Å². The maximum atomic E-state index is 12.3. The number of aromatic amines is 1. The third-order valence-corrected chi connectivity index (χ3v) is 4.76. The summed E-state index contributed by atoms with van der Waals surface area (Å²) in [5, 5.41) is 11.6. The zero-order valence-corrected chi connectivity index (χ0v) is 16.0. The van der Waals surface area contributed by atoms with Crippen molar-refractivity contribution in [2.24, 2.45) is 0 Å². The molecule has 1 aromatic carbocycles. The van der Waals surface area contributed by atoms with Crippen molar-refractivity contribution in [3.63, 3.8) is 0 Å². The van der Waals surface area contributed by atoms with Crippen LogP contribution in [0.4, 0.5) is 5.69 Å². The number of aromatic nitrogens is 4. The van der Waals surface area contributed by atoms with E-state index in [0.29, 0.717) is 10.9 Å². The van der Waals surface area contributed by atoms with Crippen molar-refractivity contribution in [3.05, 3.63) is 51.4 Å². The molecule has 0 saturated heterocycles. The fraction of sp³-hybridized carbons (Fsp3) is 0.333. The van der Waals surface area contributed by atoms with Gasteiger partial charge in [-0.25, -0.2) is 0 Å². The van der Waals surface area contributed by atoms with Gasteiger partial charge in [0.25, 0.3) is 5.56 Å². The minimum Gasteiger partial charge on any atom is -0.325 e. The standard InChI is InChI=1S/C18H21N5O2S/c1-10(2)14-8-15(24)20-17-21-22-18(23(14)17)26-9-16(25)19-13-6-11(3)5-12(4)7-13/h5-8,10H,9H2,1-4H3,(H,19,25)(H,20,21,24). The van der Waals surface area contributed by atoms with Crippen LogP contribution >= 0.6 is 11.8 Å². The molecule has 0 fully saturated rings. The number of nitrogens with one attached hydrogen (secondary N) is 2. The Morgan fingerprint density at radius 2 is 1.88 bits per heavy atom. The SMILES string of the molecule is Cc1cc(C)cc(NC(=O)CSc2nnc3[nH]c(=O)cc(C(C)C)n23)c1. The summed E-state index contributed by atoms with van der Waals surface area (Å²) >= 11 is 1.29. The quantitative estimate of drug-likeness (QED) is 0.673. The number of nitrogens with zero attached hydrogens (tertiary/aromatic N) is 3. The molecule has 0 unspecified atom stereocenters. The number of aryl methyl sites for hydroxylation is 2. The second kappa shape index (κ2) is 7.33. The van der Waals surface area contributed by atoms with Gasteiger partial charge in [-0.05, 0) is 43.0 Å². The van der Waals surface area contributed by atoms with Gasteiger partial charge in [-0.3, -0.25) is 19.0 Å². The lowest BCUT2D eigenvalue weighted by Crippen LogP contribution is -2.15. The molecule has 0 aliphatic rings. The van der Waals surface area contributed by atoms with Gasteiger partial charge in [-0.2, -0.15) is 0 Å². The normalized spacial score (nSPS) is 11.3. The molecular formula is C18H21N5O2S. The highest BCUT2D eigenvalue weighted by Crippen LogP contribution is 2.22. The van der Waals surface area contributed by atoms with Gasteiger partial charge in [0.1, 0.15) is 0 Å². The predicted molar refractivity (Wildman–Crippen MR) is 103 cm³/mol. The first-order chi connectivity index (χ1) is 12.3. The highest BCUT2D eigenvalue weighted by atomic mass is 32.2. The fourth-order valence-corrected chi connectivity index (χ4v) is 3.57. The molecule has 0 radical (unpaired) electrons. The van der Waals surface area contributed by atoms with Gasteiger partial charge in [0.2, 0.25) is 11.7 Å². The number of benzene rings is 1. The van der Waals surface area contributed by atoms with E-state index in [1.165, 1.54) is 11.8 Å². The molecule has 0 saturated carbocycles. The van der Waals surface area contributed by atoms with Crippen molar-refractivity contribution in [2.45, 2.75) is 38.8 Å². The van der Waals surface area contributed by atoms with Crippen molar-refractivity contribution in [1.82, 2.24) is 19.6 Å². The number of carbonyl (C=O) groups excluding carboxylic acids is 1. The monoisotopic (exact) mass is 371 g/mol. The number of H-pyrrole nitrogens is 1. The number of anilines is 1. The summed E-state index contributed by atoms with van der Waals surface area (Å²) in [7, 11) is 0. The topological polar surface area (TPSA) is 92.2 Å². The molecule has 2 aromatic heterocycles. The lowest BCUT2D eigenvalue weighted by atomic mass is 10.1. The second-order valence-corrected chi connectivity index (χ2v) is 7.51. The number of hydrogen-bond acceptors (Lipinski definition) is 5. The van der Waals surface area contributed by atoms with Crippen molar-refractivity contribution in [3.8, 4) is 0 Å². The number of carbonyl (C=O) groups is 1. The Labute approximate surface area is 155 Å². The van der Waals surface area contributed by atoms with E-state index in [1.54, 1.807) is 10.5 Å². The summed E-state index contributed by atoms with van der Waals surface area (Å²) in [4.78, 5) is 26.7. The fourth-order valence-electron chi connectivity index (χ4n) is 2.82. The molecule has 26 heavy (non-hydrogen) atoms. The first-order valence-electron chi connectivity index (χ1n) is 8.33. The Morgan fingerprint density at radius 1 is 1.19 bits per heavy atom. The maximum absolute atomic E-state index is 12.3. The molecule has 0 bridgehead atoms. The van der Waals surface area contributed by atoms with Gasteiger partial charge in [0.15, 0.2) is 5.16 Å². The molecule has 0 aliphatic carbocycles. The number of rotatable bonds is 5. The maximum Gasteiger partial charge on any atom is 0.252 e. The van der Waals surface area contributed by atoms with Gasteiger partial charge in [0, 0.05) is 17.4 Å². The summed E-state index contributed by atoms with van der Waals surface area (Å²) in [6.45, 7) is 7.98. The average Bonchev–Trinajstić information content (AvgIpc) is 2.93. The molecule has 1 amide bonds. The highest BCUT2D eigenvalue weighted by Gasteiger charge is 2.15. The molecule has 8 heteroatoms. The lowest BCUT2D eigenvalue weighted by Gasteiger charge is -2.10. The van der Waals surface area contributed by atoms with E-state index in [9.17, 15) is 9.59 Å². The molecule has 2 N–H and O–H groups in total. The van der Waals surface area contributed by atoms with E-state index in [4.69, 9.17) is 0 Å². The van der Waals surface area contributed by atoms with E-state index in [2.05, 4.69) is 26.6 Å². The molecule has 0 aliphatic heterocycles. The summed E-state index contributed by atoms with van der Waals surface area (Å²) < 4.78 is 1.79. The third-order valence-electron chi connectivity index (χ3n) is 3.83. The highest BCUT2D eigenvalue weighted by molar-refractivity contribution is 7.99. The molecular weight excluding hydrogens is 350 g/mol. The Morgan fingerprint density at radius 3 is 2.54 bits per heavy atom. The van der Waals surface area contributed by atoms with Crippen LogP contribution < -0.4 is 10.9 Å². The molecule has 0 atom stereocenters. The Hall–Kier alpha value is -2.61. The zero-order chi connectivity index (χ0) is 18.8. The van der Waals surface area contributed by atoms with Crippen LogP contribution in [0, 0.1) is 13.8 Å². The van der Waals surface area contributed by atoms with E-state index >= 15 is 0 Å². The number of fused-ring (bicyclic) bond motifs is 1. The van der Waals surface area contributed by atoms with Gasteiger partial charge in [-0.1, -0.05) is 31.7 Å². The van der Waals surface area contributed by atoms with E-state index < -0.39 is 0 Å². The third kappa shape index (κ3) is 3.96. The van der Waals surface area contributed by atoms with Gasteiger partial charge >= 0.3 is 0 Å². The summed E-state index contributed by atoms with van der Waals surface area (Å²) in [5.41, 5.74) is 3.58. The number of amides is 1. The van der Waals surface area contributed by atoms with Gasteiger partial charge < -0.3 is 5.32 Å². The Bertz CT molecular complexity index is 1000. The molecule has 0 spiro atoms. The van der Waals surface area contributed by atoms with Crippen LogP contribution in [0.15, 0.2) is 34.2 Å². The molecule has 3 rings (SSSR count). The minimum atomic E-state index is -0.210. The minimum absolute atomic E-state index is 0.118. The predicted octanol–water partition coefficient (Wildman–Crippen LogP) is 2.89. The van der Waals surface area contributed by atoms with Crippen LogP contribution in [0.2, 0.25) is 0 Å². The van der Waals surface area contributed by atoms with Crippen LogP contribution in [-0.2, 0) is 4.79 Å². The van der Waals surface area contributed by atoms with Crippen molar-refractivity contribution < 1.29 is 4.79 Å². The zero-order valence-electron chi connectivity index (χ0n) is 15.2. The van der Waals surface area contributed by atoms with Crippen LogP contribution in [0.5, 0.6) is 0 Å². The molecule has 3 aromatic rings. The van der Waals surface area contributed by atoms with Crippen LogP contribution in [-0.4, -0.2) is 31.2 Å². The first kappa shape index (κ1) is 18.2. The first-order valence-corrected chi connectivity index (χ1v) is 9.31. The molecule has 7 nitrogen and oxygen atoms in total. The van der Waals surface area contributed by atoms with E-state index in [0.717, 1.165) is 22.5 Å². The largest absolute Gasteiger partial charge is 0.325 e. The smallest absolute Gasteiger partial charge is 0.252 e. The van der Waals surface area contributed by atoms with Crippen molar-refractivity contribution >= 4 is 29.1 Å². The summed E-state index contributed by atoms with van der Waals surface area (Å²) in [5.74, 6) is 0.592. The molecule has 136 valence electrons. The van der Waals surface area contributed by atoms with Crippen LogP contribution in [0.3, 0.4) is 0 Å². The number of hydrogen-bond donors (Lipinski definition) is 2. The Kier molecular flexibility index (Phi) is 5.13. The summed E-state index contributed by atoms with van der Waals surface area (Å²) in [6, 6.07) is 7.47. The average molecular weight is 371 g/mol. The number of thioether (sulfide) groups is 1. The van der Waals surface area contributed by atoms with Gasteiger partial charge in [-0.15, -0.1) is 10.2 Å². The Balaban J connectivity index is 1.77. The van der Waals surface area contributed by atoms with Crippen molar-refractivity contribution in [2.75, 3.05) is 11.1 Å². The lowest BCUT2D eigenvalue weighted by molar-refractivity contribution is -0.113. The van der Waals surface area contributed by atoms with Crippen molar-refractivity contribution in [1.29, 1.82) is 0 Å². The molecule has 2 heterocycles. The second-order valence-electron chi connectivity index (χ2n) is 6.57. The summed E-state index contributed by atoms with van der Waals surface area (Å²) in [6.07, 6.45) is 0.